The summed E-state index contributed by atoms with van der Waals surface area (Å²) in [5.74, 6) is 0.0578. The number of quaternary nitrogens is 1. The first kappa shape index (κ1) is 28.9. The highest BCUT2D eigenvalue weighted by atomic mass is 16.1. The number of hydrogen-bond acceptors (Lipinski definition) is 2. The van der Waals surface area contributed by atoms with Crippen LogP contribution in [-0.2, 0) is 4.79 Å². The second-order valence-electron chi connectivity index (χ2n) is 9.87. The van der Waals surface area contributed by atoms with Crippen molar-refractivity contribution in [3.8, 4) is 0 Å². The maximum absolute atomic E-state index is 11.5. The predicted octanol–water partition coefficient (Wildman–Crippen LogP) is 7.53. The van der Waals surface area contributed by atoms with Gasteiger partial charge >= 0.3 is 0 Å². The lowest BCUT2D eigenvalue weighted by Gasteiger charge is -2.42. The van der Waals surface area contributed by atoms with Crippen LogP contribution in [0.5, 0.6) is 0 Å². The van der Waals surface area contributed by atoms with Gasteiger partial charge in [0.2, 0.25) is 5.91 Å². The van der Waals surface area contributed by atoms with Crippen LogP contribution in [0.1, 0.15) is 130 Å². The Morgan fingerprint density at radius 3 is 2.00 bits per heavy atom. The van der Waals surface area contributed by atoms with Gasteiger partial charge in [-0.2, -0.15) is 0 Å². The van der Waals surface area contributed by atoms with Crippen LogP contribution in [0.4, 0.5) is 0 Å². The average molecular weight is 449 g/mol. The molecular formula is C28H54N3O+. The Balaban J connectivity index is 2.00. The summed E-state index contributed by atoms with van der Waals surface area (Å²) in [6, 6.07) is 0. The predicted molar refractivity (Wildman–Crippen MR) is 140 cm³/mol. The fourth-order valence-electron chi connectivity index (χ4n) is 5.11. The Morgan fingerprint density at radius 1 is 0.938 bits per heavy atom. The van der Waals surface area contributed by atoms with Crippen molar-refractivity contribution < 1.29 is 9.28 Å². The van der Waals surface area contributed by atoms with Crippen molar-refractivity contribution in [3.63, 3.8) is 0 Å². The topological polar surface area (TPSA) is 41.5 Å². The van der Waals surface area contributed by atoms with E-state index in [-0.39, 0.29) is 12.1 Å². The number of carbonyl (C=O) groups excluding carboxylic acids is 1. The van der Waals surface area contributed by atoms with E-state index in [0.29, 0.717) is 6.17 Å². The Bertz CT molecular complexity index is 531. The Morgan fingerprint density at radius 2 is 1.47 bits per heavy atom. The maximum atomic E-state index is 11.5. The van der Waals surface area contributed by atoms with Gasteiger partial charge in [-0.25, -0.2) is 4.99 Å². The monoisotopic (exact) mass is 448 g/mol. The molecule has 1 N–H and O–H groups in total. The van der Waals surface area contributed by atoms with Gasteiger partial charge < -0.3 is 5.32 Å². The number of nitrogens with one attached hydrogen (secondary N) is 1. The fourth-order valence-corrected chi connectivity index (χ4v) is 5.11. The van der Waals surface area contributed by atoms with Crippen LogP contribution < -0.4 is 5.32 Å². The quantitative estimate of drug-likeness (QED) is 0.117. The lowest BCUT2D eigenvalue weighted by atomic mass is 10.0. The third-order valence-corrected chi connectivity index (χ3v) is 7.29. The zero-order chi connectivity index (χ0) is 23.5. The number of amides is 1. The van der Waals surface area contributed by atoms with E-state index in [9.17, 15) is 4.79 Å². The van der Waals surface area contributed by atoms with Crippen LogP contribution in [0, 0.1) is 0 Å². The third-order valence-electron chi connectivity index (χ3n) is 7.29. The molecule has 0 saturated carbocycles. The maximum Gasteiger partial charge on any atom is 0.221 e. The first-order valence-corrected chi connectivity index (χ1v) is 13.9. The molecule has 0 bridgehead atoms. The van der Waals surface area contributed by atoms with Gasteiger partial charge in [0, 0.05) is 20.3 Å². The molecule has 1 aliphatic heterocycles. The highest BCUT2D eigenvalue weighted by Gasteiger charge is 2.42. The smallest absolute Gasteiger partial charge is 0.221 e. The van der Waals surface area contributed by atoms with E-state index in [0.717, 1.165) is 24.0 Å². The molecule has 0 aromatic rings. The van der Waals surface area contributed by atoms with Gasteiger partial charge in [-0.1, -0.05) is 83.3 Å². The highest BCUT2D eigenvalue weighted by Crippen LogP contribution is 2.27. The zero-order valence-corrected chi connectivity index (χ0v) is 21.9. The lowest BCUT2D eigenvalue weighted by molar-refractivity contribution is -0.959. The van der Waals surface area contributed by atoms with Crippen LogP contribution in [0.3, 0.4) is 0 Å². The van der Waals surface area contributed by atoms with E-state index >= 15 is 0 Å². The van der Waals surface area contributed by atoms with E-state index in [4.69, 9.17) is 4.99 Å². The van der Waals surface area contributed by atoms with Crippen molar-refractivity contribution in [3.05, 3.63) is 12.2 Å². The molecule has 1 amide bonds. The highest BCUT2D eigenvalue weighted by molar-refractivity contribution is 5.73. The largest absolute Gasteiger partial charge is 0.307 e. The number of nitrogens with zero attached hydrogens (tertiary/aromatic N) is 2. The number of allylic oxidation sites excluding steroid dienone is 2. The molecular weight excluding hydrogens is 394 g/mol. The van der Waals surface area contributed by atoms with Crippen LogP contribution in [0.2, 0.25) is 0 Å². The molecule has 3 unspecified atom stereocenters. The Kier molecular flexibility index (Phi) is 16.5. The third kappa shape index (κ3) is 11.6. The van der Waals surface area contributed by atoms with Gasteiger partial charge in [0.1, 0.15) is 6.54 Å². The van der Waals surface area contributed by atoms with Crippen molar-refractivity contribution in [2.75, 3.05) is 13.1 Å². The summed E-state index contributed by atoms with van der Waals surface area (Å²) in [7, 11) is 0. The van der Waals surface area contributed by atoms with Crippen molar-refractivity contribution in [1.29, 1.82) is 0 Å². The summed E-state index contributed by atoms with van der Waals surface area (Å²) in [6.07, 6.45) is 28.7. The summed E-state index contributed by atoms with van der Waals surface area (Å²) < 4.78 is 0.881. The molecule has 4 nitrogen and oxygen atoms in total. The normalized spacial score (nSPS) is 21.4. The van der Waals surface area contributed by atoms with Gasteiger partial charge in [0.15, 0.2) is 12.3 Å². The van der Waals surface area contributed by atoms with Crippen LogP contribution >= 0.6 is 0 Å². The number of aliphatic imine (C=N–C) groups is 1. The van der Waals surface area contributed by atoms with Gasteiger partial charge in [0.05, 0.1) is 12.8 Å². The zero-order valence-electron chi connectivity index (χ0n) is 21.9. The van der Waals surface area contributed by atoms with E-state index in [1.165, 1.54) is 96.3 Å². The number of unbranched alkanes of at least 4 members (excludes halogenated alkanes) is 13. The Labute approximate surface area is 199 Å². The first-order chi connectivity index (χ1) is 15.6. The van der Waals surface area contributed by atoms with Gasteiger partial charge in [-0.05, 0) is 39.0 Å². The van der Waals surface area contributed by atoms with E-state index in [1.54, 1.807) is 6.92 Å². The number of carbonyl (C=O) groups is 1. The summed E-state index contributed by atoms with van der Waals surface area (Å²) >= 11 is 0. The molecule has 3 atom stereocenters. The molecule has 186 valence electrons. The van der Waals surface area contributed by atoms with Crippen molar-refractivity contribution in [1.82, 2.24) is 5.32 Å². The molecule has 32 heavy (non-hydrogen) atoms. The first-order valence-electron chi connectivity index (χ1n) is 13.9. The fraction of sp³-hybridized carbons (Fsp3) is 0.857. The lowest BCUT2D eigenvalue weighted by Crippen LogP contribution is -2.63. The van der Waals surface area contributed by atoms with Gasteiger partial charge in [-0.3, -0.25) is 9.28 Å². The van der Waals surface area contributed by atoms with Crippen molar-refractivity contribution >= 4 is 12.1 Å². The van der Waals surface area contributed by atoms with E-state index in [2.05, 4.69) is 44.5 Å². The molecule has 0 aliphatic carbocycles. The molecule has 0 radical (unpaired) electrons. The van der Waals surface area contributed by atoms with Crippen LogP contribution in [0.25, 0.3) is 0 Å². The minimum Gasteiger partial charge on any atom is -0.307 e. The molecule has 0 spiro atoms. The van der Waals surface area contributed by atoms with Crippen molar-refractivity contribution in [2.45, 2.75) is 143 Å². The second kappa shape index (κ2) is 18.3. The standard InChI is InChI=1S/C28H53N3O/c1-5-7-8-9-10-11-12-13-14-15-16-17-18-19-20-21-22-23-28-29-24-25-31(28,6-2)26(3)30-27(4)32/h13-14,24,26,28H,5-12,15-23,25H2,1-4H3/p+1/b14-13+. The SMILES string of the molecule is CCCCCCCC/C=C/CCCCCCCCCC1N=CC[N+]1(CC)C(C)NC(C)=O. The summed E-state index contributed by atoms with van der Waals surface area (Å²) in [6.45, 7) is 10.2. The minimum absolute atomic E-state index is 0.0578. The van der Waals surface area contributed by atoms with Crippen molar-refractivity contribution in [2.24, 2.45) is 4.99 Å². The summed E-state index contributed by atoms with van der Waals surface area (Å²) in [4.78, 5) is 16.3. The number of hydrogen-bond donors (Lipinski definition) is 1. The van der Waals surface area contributed by atoms with Gasteiger partial charge in [0.25, 0.3) is 0 Å². The number of rotatable bonds is 20. The van der Waals surface area contributed by atoms with Gasteiger partial charge in [-0.15, -0.1) is 0 Å². The second-order valence-corrected chi connectivity index (χ2v) is 9.87. The molecule has 1 heterocycles. The molecule has 4 heteroatoms. The van der Waals surface area contributed by atoms with E-state index in [1.807, 2.05) is 0 Å². The average Bonchev–Trinajstić information content (AvgIpc) is 3.19. The van der Waals surface area contributed by atoms with E-state index < -0.39 is 0 Å². The summed E-state index contributed by atoms with van der Waals surface area (Å²) in [5.41, 5.74) is 0. The molecule has 0 fully saturated rings. The van der Waals surface area contributed by atoms with Crippen LogP contribution in [0.15, 0.2) is 17.1 Å². The Hall–Kier alpha value is -1.16. The summed E-state index contributed by atoms with van der Waals surface area (Å²) in [5, 5.41) is 3.11. The molecule has 1 aliphatic rings. The van der Waals surface area contributed by atoms with Crippen LogP contribution in [-0.4, -0.2) is 42.0 Å². The molecule has 0 aromatic heterocycles. The molecule has 1 rings (SSSR count). The molecule has 0 aromatic carbocycles. The molecule has 0 saturated heterocycles. The minimum atomic E-state index is 0.0578.